The lowest BCUT2D eigenvalue weighted by atomic mass is 10.1. The SMILES string of the molecule is O=[N+]([O-])c1ccc(NC2CCc3cc(F)ccc32)c(F)c1. The molecule has 1 N–H and O–H groups in total. The van der Waals surface area contributed by atoms with Crippen molar-refractivity contribution >= 4 is 11.4 Å². The van der Waals surface area contributed by atoms with E-state index in [1.165, 1.54) is 24.3 Å². The van der Waals surface area contributed by atoms with E-state index in [0.717, 1.165) is 30.0 Å². The fourth-order valence-electron chi connectivity index (χ4n) is 2.66. The van der Waals surface area contributed by atoms with Gasteiger partial charge in [-0.1, -0.05) is 6.07 Å². The number of rotatable bonds is 3. The van der Waals surface area contributed by atoms with E-state index in [9.17, 15) is 18.9 Å². The maximum absolute atomic E-state index is 13.9. The van der Waals surface area contributed by atoms with Gasteiger partial charge in [0.25, 0.3) is 5.69 Å². The number of halogens is 2. The van der Waals surface area contributed by atoms with Crippen molar-refractivity contribution in [3.05, 3.63) is 69.3 Å². The van der Waals surface area contributed by atoms with Crippen LogP contribution in [0.2, 0.25) is 0 Å². The molecule has 0 aliphatic heterocycles. The minimum Gasteiger partial charge on any atom is -0.376 e. The van der Waals surface area contributed by atoms with Gasteiger partial charge in [0.05, 0.1) is 22.7 Å². The van der Waals surface area contributed by atoms with Gasteiger partial charge in [-0.25, -0.2) is 8.78 Å². The third-order valence-corrected chi connectivity index (χ3v) is 3.68. The van der Waals surface area contributed by atoms with E-state index in [1.807, 2.05) is 0 Å². The Kier molecular flexibility index (Phi) is 3.29. The molecule has 0 heterocycles. The smallest absolute Gasteiger partial charge is 0.272 e. The lowest BCUT2D eigenvalue weighted by Gasteiger charge is -2.16. The summed E-state index contributed by atoms with van der Waals surface area (Å²) in [4.78, 5) is 9.95. The molecule has 0 radical (unpaired) electrons. The first-order valence-corrected chi connectivity index (χ1v) is 6.53. The molecule has 108 valence electrons. The first-order valence-electron chi connectivity index (χ1n) is 6.53. The van der Waals surface area contributed by atoms with Crippen LogP contribution in [-0.4, -0.2) is 4.92 Å². The average molecular weight is 290 g/mol. The summed E-state index contributed by atoms with van der Waals surface area (Å²) in [6.07, 6.45) is 1.45. The highest BCUT2D eigenvalue weighted by atomic mass is 19.1. The highest BCUT2D eigenvalue weighted by Gasteiger charge is 2.23. The van der Waals surface area contributed by atoms with Crippen molar-refractivity contribution in [3.63, 3.8) is 0 Å². The molecular formula is C15H12F2N2O2. The van der Waals surface area contributed by atoms with Gasteiger partial charge in [0.1, 0.15) is 5.82 Å². The number of nitro benzene ring substituents is 1. The van der Waals surface area contributed by atoms with E-state index in [2.05, 4.69) is 5.32 Å². The second kappa shape index (κ2) is 5.12. The van der Waals surface area contributed by atoms with E-state index in [-0.39, 0.29) is 23.2 Å². The fraction of sp³-hybridized carbons (Fsp3) is 0.200. The number of hydrogen-bond donors (Lipinski definition) is 1. The standard InChI is InChI=1S/C15H12F2N2O2/c16-10-2-4-12-9(7-10)1-5-14(12)18-15-6-3-11(19(20)21)8-13(15)17/h2-4,6-8,14,18H,1,5H2. The van der Waals surface area contributed by atoms with Gasteiger partial charge in [-0.3, -0.25) is 10.1 Å². The molecule has 0 saturated heterocycles. The highest BCUT2D eigenvalue weighted by Crippen LogP contribution is 2.35. The van der Waals surface area contributed by atoms with Crippen molar-refractivity contribution in [1.29, 1.82) is 0 Å². The van der Waals surface area contributed by atoms with Gasteiger partial charge in [0, 0.05) is 6.07 Å². The summed E-state index contributed by atoms with van der Waals surface area (Å²) in [7, 11) is 0. The molecule has 0 aromatic heterocycles. The predicted octanol–water partition coefficient (Wildman–Crippen LogP) is 3.97. The van der Waals surface area contributed by atoms with E-state index >= 15 is 0 Å². The van der Waals surface area contributed by atoms with E-state index in [1.54, 1.807) is 6.07 Å². The molecule has 21 heavy (non-hydrogen) atoms. The minimum atomic E-state index is -0.667. The van der Waals surface area contributed by atoms with Gasteiger partial charge in [0.2, 0.25) is 0 Å². The van der Waals surface area contributed by atoms with Crippen LogP contribution in [0, 0.1) is 21.7 Å². The maximum Gasteiger partial charge on any atom is 0.272 e. The Labute approximate surface area is 119 Å². The summed E-state index contributed by atoms with van der Waals surface area (Å²) in [5.74, 6) is -0.948. The van der Waals surface area contributed by atoms with Crippen LogP contribution in [0.1, 0.15) is 23.6 Å². The fourth-order valence-corrected chi connectivity index (χ4v) is 2.66. The molecule has 0 amide bonds. The molecule has 2 aromatic rings. The average Bonchev–Trinajstić information content (AvgIpc) is 2.83. The maximum atomic E-state index is 13.9. The van der Waals surface area contributed by atoms with Gasteiger partial charge in [-0.15, -0.1) is 0 Å². The highest BCUT2D eigenvalue weighted by molar-refractivity contribution is 5.53. The van der Waals surface area contributed by atoms with Gasteiger partial charge in [-0.2, -0.15) is 0 Å². The van der Waals surface area contributed by atoms with Crippen molar-refractivity contribution < 1.29 is 13.7 Å². The van der Waals surface area contributed by atoms with Crippen LogP contribution in [-0.2, 0) is 6.42 Å². The number of benzene rings is 2. The quantitative estimate of drug-likeness (QED) is 0.687. The predicted molar refractivity (Wildman–Crippen MR) is 74.1 cm³/mol. The number of nitro groups is 1. The summed E-state index contributed by atoms with van der Waals surface area (Å²) in [5.41, 5.74) is 1.78. The van der Waals surface area contributed by atoms with Gasteiger partial charge >= 0.3 is 0 Å². The minimum absolute atomic E-state index is 0.114. The van der Waals surface area contributed by atoms with Crippen LogP contribution in [0.5, 0.6) is 0 Å². The van der Waals surface area contributed by atoms with Crippen LogP contribution in [0.3, 0.4) is 0 Å². The third kappa shape index (κ3) is 2.56. The molecule has 0 bridgehead atoms. The second-order valence-electron chi connectivity index (χ2n) is 5.00. The van der Waals surface area contributed by atoms with E-state index in [0.29, 0.717) is 0 Å². The van der Waals surface area contributed by atoms with Crippen molar-refractivity contribution in [3.8, 4) is 0 Å². The Hall–Kier alpha value is -2.50. The van der Waals surface area contributed by atoms with Crippen LogP contribution < -0.4 is 5.32 Å². The number of hydrogen-bond acceptors (Lipinski definition) is 3. The summed E-state index contributed by atoms with van der Waals surface area (Å²) in [6.45, 7) is 0. The van der Waals surface area contributed by atoms with Crippen molar-refractivity contribution in [2.75, 3.05) is 5.32 Å². The Balaban J connectivity index is 1.84. The zero-order valence-corrected chi connectivity index (χ0v) is 11.0. The van der Waals surface area contributed by atoms with E-state index < -0.39 is 10.7 Å². The number of non-ortho nitro benzene ring substituents is 1. The normalized spacial score (nSPS) is 16.6. The lowest BCUT2D eigenvalue weighted by Crippen LogP contribution is -2.08. The van der Waals surface area contributed by atoms with Gasteiger partial charge < -0.3 is 5.32 Å². The lowest BCUT2D eigenvalue weighted by molar-refractivity contribution is -0.385. The summed E-state index contributed by atoms with van der Waals surface area (Å²) in [6, 6.07) is 7.95. The van der Waals surface area contributed by atoms with Gasteiger partial charge in [0.15, 0.2) is 5.82 Å². The van der Waals surface area contributed by atoms with Crippen LogP contribution in [0.15, 0.2) is 36.4 Å². The Bertz CT molecular complexity index is 719. The number of fused-ring (bicyclic) bond motifs is 1. The number of nitrogens with one attached hydrogen (secondary N) is 1. The number of anilines is 1. The Morgan fingerprint density at radius 1 is 1.19 bits per heavy atom. The van der Waals surface area contributed by atoms with Crippen molar-refractivity contribution in [2.45, 2.75) is 18.9 Å². The molecule has 2 aromatic carbocycles. The van der Waals surface area contributed by atoms with Crippen molar-refractivity contribution in [1.82, 2.24) is 0 Å². The molecule has 0 saturated carbocycles. The second-order valence-corrected chi connectivity index (χ2v) is 5.00. The van der Waals surface area contributed by atoms with Crippen LogP contribution in [0.4, 0.5) is 20.2 Å². The molecular weight excluding hydrogens is 278 g/mol. The summed E-state index contributed by atoms with van der Waals surface area (Å²) < 4.78 is 27.0. The molecule has 1 atom stereocenters. The number of aryl methyl sites for hydroxylation is 1. The van der Waals surface area contributed by atoms with Crippen molar-refractivity contribution in [2.24, 2.45) is 0 Å². The Morgan fingerprint density at radius 2 is 2.00 bits per heavy atom. The van der Waals surface area contributed by atoms with Gasteiger partial charge in [-0.05, 0) is 42.2 Å². The first kappa shape index (κ1) is 13.5. The molecule has 1 aliphatic rings. The molecule has 3 rings (SSSR count). The molecule has 1 aliphatic carbocycles. The molecule has 1 unspecified atom stereocenters. The Morgan fingerprint density at radius 3 is 2.71 bits per heavy atom. The largest absolute Gasteiger partial charge is 0.376 e. The number of nitrogens with zero attached hydrogens (tertiary/aromatic N) is 1. The molecule has 4 nitrogen and oxygen atoms in total. The zero-order valence-electron chi connectivity index (χ0n) is 11.0. The summed E-state index contributed by atoms with van der Waals surface area (Å²) in [5, 5.41) is 13.6. The molecule has 6 heteroatoms. The zero-order chi connectivity index (χ0) is 15.0. The topological polar surface area (TPSA) is 55.2 Å². The molecule has 0 fully saturated rings. The van der Waals surface area contributed by atoms with Crippen LogP contribution in [0.25, 0.3) is 0 Å². The molecule has 0 spiro atoms. The van der Waals surface area contributed by atoms with Crippen LogP contribution >= 0.6 is 0 Å². The summed E-state index contributed by atoms with van der Waals surface area (Å²) >= 11 is 0. The monoisotopic (exact) mass is 290 g/mol. The van der Waals surface area contributed by atoms with E-state index in [4.69, 9.17) is 0 Å². The first-order chi connectivity index (χ1) is 10.0. The third-order valence-electron chi connectivity index (χ3n) is 3.68.